The molecule has 0 aromatic rings. The van der Waals surface area contributed by atoms with Gasteiger partial charge >= 0.3 is 0 Å². The second-order valence-corrected chi connectivity index (χ2v) is 4.93. The summed E-state index contributed by atoms with van der Waals surface area (Å²) in [5.74, 6) is -0.0144. The molecule has 0 saturated heterocycles. The maximum Gasteiger partial charge on any atom is 0.243 e. The molecule has 0 spiro atoms. The van der Waals surface area contributed by atoms with Gasteiger partial charge in [-0.1, -0.05) is 39.0 Å². The van der Waals surface area contributed by atoms with Gasteiger partial charge in [-0.3, -0.25) is 9.59 Å². The first kappa shape index (κ1) is 14.5. The van der Waals surface area contributed by atoms with Crippen LogP contribution in [0.2, 0.25) is 0 Å². The smallest absolute Gasteiger partial charge is 0.243 e. The van der Waals surface area contributed by atoms with Gasteiger partial charge in [-0.25, -0.2) is 0 Å². The van der Waals surface area contributed by atoms with Crippen molar-refractivity contribution in [1.82, 2.24) is 10.6 Å². The average molecular weight is 250 g/mol. The summed E-state index contributed by atoms with van der Waals surface area (Å²) in [6.45, 7) is 6.50. The van der Waals surface area contributed by atoms with Crippen LogP contribution in [-0.2, 0) is 9.59 Å². The van der Waals surface area contributed by atoms with Crippen molar-refractivity contribution in [1.29, 1.82) is 0 Å². The number of carbonyl (C=O) groups excluding carboxylic acids is 2. The Kier molecular flexibility index (Phi) is 5.62. The Morgan fingerprint density at radius 1 is 1.28 bits per heavy atom. The molecule has 2 atom stereocenters. The van der Waals surface area contributed by atoms with Crippen LogP contribution in [-0.4, -0.2) is 24.4 Å². The molecule has 18 heavy (non-hydrogen) atoms. The summed E-state index contributed by atoms with van der Waals surface area (Å²) < 4.78 is 0. The first-order valence-electron chi connectivity index (χ1n) is 6.43. The second-order valence-electron chi connectivity index (χ2n) is 4.93. The lowest BCUT2D eigenvalue weighted by Gasteiger charge is -2.20. The quantitative estimate of drug-likeness (QED) is 0.691. The van der Waals surface area contributed by atoms with Gasteiger partial charge in [-0.2, -0.15) is 0 Å². The average Bonchev–Trinajstić information content (AvgIpc) is 2.31. The first-order valence-corrected chi connectivity index (χ1v) is 6.43. The molecule has 0 fully saturated rings. The molecule has 0 aliphatic carbocycles. The lowest BCUT2D eigenvalue weighted by Crippen LogP contribution is -2.40. The van der Waals surface area contributed by atoms with Gasteiger partial charge in [0.05, 0.1) is 5.92 Å². The molecule has 0 aromatic heterocycles. The highest BCUT2D eigenvalue weighted by Crippen LogP contribution is 2.07. The summed E-state index contributed by atoms with van der Waals surface area (Å²) in [7, 11) is 0. The molecule has 4 heteroatoms. The lowest BCUT2D eigenvalue weighted by atomic mass is 10.0. The van der Waals surface area contributed by atoms with Crippen LogP contribution in [0.3, 0.4) is 0 Å². The Hall–Kier alpha value is -1.58. The molecule has 1 heterocycles. The Labute approximate surface area is 109 Å². The van der Waals surface area contributed by atoms with Crippen LogP contribution in [0, 0.1) is 11.8 Å². The number of hydrogen-bond acceptors (Lipinski definition) is 2. The molecule has 2 N–H and O–H groups in total. The fraction of sp³-hybridized carbons (Fsp3) is 0.571. The van der Waals surface area contributed by atoms with E-state index < -0.39 is 0 Å². The van der Waals surface area contributed by atoms with Gasteiger partial charge in [-0.05, 0) is 12.3 Å². The molecule has 1 aliphatic heterocycles. The van der Waals surface area contributed by atoms with Crippen LogP contribution in [0.4, 0.5) is 0 Å². The fourth-order valence-corrected chi connectivity index (χ4v) is 1.65. The first-order chi connectivity index (χ1) is 8.50. The maximum atomic E-state index is 11.9. The van der Waals surface area contributed by atoms with Crippen molar-refractivity contribution in [2.24, 2.45) is 11.8 Å². The fourth-order valence-electron chi connectivity index (χ4n) is 1.65. The van der Waals surface area contributed by atoms with E-state index in [1.165, 1.54) is 6.08 Å². The van der Waals surface area contributed by atoms with E-state index in [1.54, 1.807) is 6.08 Å². The van der Waals surface area contributed by atoms with Crippen LogP contribution in [0.15, 0.2) is 24.3 Å². The zero-order chi connectivity index (χ0) is 13.5. The van der Waals surface area contributed by atoms with Crippen molar-refractivity contribution in [2.75, 3.05) is 6.54 Å². The number of rotatable bonds is 1. The molecule has 100 valence electrons. The Balaban J connectivity index is 2.82. The molecule has 2 amide bonds. The van der Waals surface area contributed by atoms with E-state index in [1.807, 2.05) is 32.9 Å². The van der Waals surface area contributed by atoms with Crippen LogP contribution in [0.1, 0.15) is 27.2 Å². The van der Waals surface area contributed by atoms with Crippen LogP contribution < -0.4 is 10.6 Å². The van der Waals surface area contributed by atoms with Crippen LogP contribution in [0.25, 0.3) is 0 Å². The van der Waals surface area contributed by atoms with Crippen molar-refractivity contribution >= 4 is 11.8 Å². The Bertz CT molecular complexity index is 359. The zero-order valence-electron chi connectivity index (χ0n) is 11.3. The third-order valence-electron chi connectivity index (χ3n) is 2.93. The third kappa shape index (κ3) is 4.73. The van der Waals surface area contributed by atoms with Crippen molar-refractivity contribution in [3.8, 4) is 0 Å². The highest BCUT2D eigenvalue weighted by atomic mass is 16.2. The van der Waals surface area contributed by atoms with E-state index in [9.17, 15) is 9.59 Å². The summed E-state index contributed by atoms with van der Waals surface area (Å²) in [6, 6.07) is -0.112. The highest BCUT2D eigenvalue weighted by Gasteiger charge is 2.17. The van der Waals surface area contributed by atoms with Gasteiger partial charge in [0.2, 0.25) is 11.8 Å². The summed E-state index contributed by atoms with van der Waals surface area (Å²) in [4.78, 5) is 23.4. The van der Waals surface area contributed by atoms with Crippen LogP contribution in [0.5, 0.6) is 0 Å². The predicted octanol–water partition coefficient (Wildman–Crippen LogP) is 1.40. The summed E-state index contributed by atoms with van der Waals surface area (Å²) in [6.07, 6.45) is 7.81. The molecular weight excluding hydrogens is 228 g/mol. The van der Waals surface area contributed by atoms with E-state index in [0.717, 1.165) is 6.42 Å². The van der Waals surface area contributed by atoms with Crippen molar-refractivity contribution < 1.29 is 9.59 Å². The molecule has 0 saturated carbocycles. The topological polar surface area (TPSA) is 58.2 Å². The summed E-state index contributed by atoms with van der Waals surface area (Å²) in [5, 5.41) is 5.74. The van der Waals surface area contributed by atoms with Crippen molar-refractivity contribution in [2.45, 2.75) is 33.2 Å². The zero-order valence-corrected chi connectivity index (χ0v) is 11.3. The Morgan fingerprint density at radius 2 is 2.00 bits per heavy atom. The molecule has 1 aliphatic rings. The normalized spacial score (nSPS) is 26.2. The lowest BCUT2D eigenvalue weighted by molar-refractivity contribution is -0.124. The van der Waals surface area contributed by atoms with Gasteiger partial charge in [-0.15, -0.1) is 0 Å². The number of amides is 2. The predicted molar refractivity (Wildman–Crippen MR) is 71.8 cm³/mol. The van der Waals surface area contributed by atoms with E-state index in [0.29, 0.717) is 6.54 Å². The molecule has 2 unspecified atom stereocenters. The van der Waals surface area contributed by atoms with E-state index in [4.69, 9.17) is 0 Å². The summed E-state index contributed by atoms with van der Waals surface area (Å²) >= 11 is 0. The van der Waals surface area contributed by atoms with Gasteiger partial charge in [0, 0.05) is 18.7 Å². The van der Waals surface area contributed by atoms with Gasteiger partial charge in [0.25, 0.3) is 0 Å². The third-order valence-corrected chi connectivity index (χ3v) is 2.93. The number of nitrogens with one attached hydrogen (secondary N) is 2. The van der Waals surface area contributed by atoms with E-state index in [2.05, 4.69) is 10.6 Å². The van der Waals surface area contributed by atoms with Gasteiger partial charge < -0.3 is 10.6 Å². The van der Waals surface area contributed by atoms with Crippen molar-refractivity contribution in [3.05, 3.63) is 24.3 Å². The molecule has 0 aromatic carbocycles. The minimum atomic E-state index is -0.144. The highest BCUT2D eigenvalue weighted by molar-refractivity contribution is 5.87. The minimum absolute atomic E-state index is 0.00409. The van der Waals surface area contributed by atoms with Gasteiger partial charge in [0.15, 0.2) is 0 Å². The number of hydrogen-bond donors (Lipinski definition) is 2. The summed E-state index contributed by atoms with van der Waals surface area (Å²) in [5.41, 5.74) is 0. The molecule has 0 radical (unpaired) electrons. The van der Waals surface area contributed by atoms with Gasteiger partial charge in [0.1, 0.15) is 0 Å². The van der Waals surface area contributed by atoms with E-state index in [-0.39, 0.29) is 29.7 Å². The largest absolute Gasteiger partial charge is 0.352 e. The molecule has 1 rings (SSSR count). The maximum absolute atomic E-state index is 11.9. The monoisotopic (exact) mass is 250 g/mol. The van der Waals surface area contributed by atoms with Crippen molar-refractivity contribution in [3.63, 3.8) is 0 Å². The van der Waals surface area contributed by atoms with E-state index >= 15 is 0 Å². The van der Waals surface area contributed by atoms with Crippen LogP contribution >= 0.6 is 0 Å². The molecule has 4 nitrogen and oxygen atoms in total. The SMILES string of the molecule is CC1C=CCCNC(=O)C=CC(C(C)C)NC1=O. The second kappa shape index (κ2) is 6.99. The Morgan fingerprint density at radius 3 is 2.67 bits per heavy atom. The number of carbonyl (C=O) groups is 2. The molecular formula is C14H22N2O2. The minimum Gasteiger partial charge on any atom is -0.352 e. The molecule has 0 bridgehead atoms. The standard InChI is InChI=1S/C14H22N2O2/c1-10(2)12-7-8-13(17)15-9-5-4-6-11(3)14(18)16-12/h4,6-8,10-12H,5,9H2,1-3H3,(H,15,17)(H,16,18).